The second-order valence-corrected chi connectivity index (χ2v) is 7.39. The van der Waals surface area contributed by atoms with Crippen LogP contribution in [0, 0.1) is 0 Å². The normalized spacial score (nSPS) is 19.9. The van der Waals surface area contributed by atoms with Crippen LogP contribution in [0.1, 0.15) is 25.8 Å². The molecule has 0 radical (unpaired) electrons. The molecule has 0 spiro atoms. The second-order valence-electron chi connectivity index (χ2n) is 7.39. The Morgan fingerprint density at radius 3 is 2.55 bits per heavy atom. The molecule has 1 aliphatic rings. The number of piperazine rings is 1. The lowest BCUT2D eigenvalue weighted by molar-refractivity contribution is 0.240. The molecule has 154 valence electrons. The van der Waals surface area contributed by atoms with Gasteiger partial charge in [-0.3, -0.25) is 4.98 Å². The first-order chi connectivity index (χ1) is 13.9. The van der Waals surface area contributed by atoms with Crippen molar-refractivity contribution < 1.29 is 5.11 Å². The maximum Gasteiger partial charge on any atom is 0.124 e. The van der Waals surface area contributed by atoms with Gasteiger partial charge >= 0.3 is 0 Å². The van der Waals surface area contributed by atoms with Crippen LogP contribution in [-0.4, -0.2) is 40.2 Å². The monoisotopic (exact) mass is 394 g/mol. The minimum Gasteiger partial charge on any atom is -0.507 e. The predicted octanol–water partition coefficient (Wildman–Crippen LogP) is 2.16. The van der Waals surface area contributed by atoms with Crippen molar-refractivity contribution in [3.63, 3.8) is 0 Å². The van der Waals surface area contributed by atoms with Gasteiger partial charge in [0.1, 0.15) is 11.6 Å². The Hall–Kier alpha value is -3.35. The number of phenolic OH excluding ortho intramolecular Hbond substituents is 1. The molecule has 3 rings (SSSR count). The van der Waals surface area contributed by atoms with Crippen LogP contribution in [0.5, 0.6) is 5.75 Å². The number of hydrogen-bond acceptors (Lipinski definition) is 7. The lowest BCUT2D eigenvalue weighted by Crippen LogP contribution is -2.57. The molecule has 2 unspecified atom stereocenters. The summed E-state index contributed by atoms with van der Waals surface area (Å²) >= 11 is 0. The Labute approximate surface area is 172 Å². The second kappa shape index (κ2) is 8.77. The van der Waals surface area contributed by atoms with Crippen molar-refractivity contribution in [2.75, 3.05) is 18.0 Å². The van der Waals surface area contributed by atoms with E-state index in [1.54, 1.807) is 30.5 Å². The lowest BCUT2D eigenvalue weighted by atomic mass is 10.0. The Bertz CT molecular complexity index is 891. The van der Waals surface area contributed by atoms with Gasteiger partial charge in [0.25, 0.3) is 0 Å². The number of nitrogens with zero attached hydrogens (tertiary/aromatic N) is 3. The summed E-state index contributed by atoms with van der Waals surface area (Å²) in [4.78, 5) is 8.85. The van der Waals surface area contributed by atoms with E-state index in [2.05, 4.69) is 34.7 Å². The van der Waals surface area contributed by atoms with Gasteiger partial charge in [-0.15, -0.1) is 0 Å². The number of pyridine rings is 1. The number of anilines is 1. The summed E-state index contributed by atoms with van der Waals surface area (Å²) in [5, 5.41) is 10.1. The Morgan fingerprint density at radius 1 is 1.17 bits per heavy atom. The third-order valence-electron chi connectivity index (χ3n) is 5.34. The number of allylic oxidation sites excluding steroid dienone is 1. The summed E-state index contributed by atoms with van der Waals surface area (Å²) in [7, 11) is 0. The van der Waals surface area contributed by atoms with Crippen LogP contribution in [0.4, 0.5) is 5.69 Å². The standard InChI is InChI=1S/C22H30N6O/c1-3-16-14-27(13-15(2)28(16)17-7-6-10-26-12-17)20(22(24)25)11-19(23)18-8-4-5-9-21(18)29/h4-12,15-16,29H,3,13-14,23-25H2,1-2H3/b19-11-. The summed E-state index contributed by atoms with van der Waals surface area (Å²) in [5.41, 5.74) is 21.1. The van der Waals surface area contributed by atoms with Gasteiger partial charge in [-0.2, -0.15) is 0 Å². The van der Waals surface area contributed by atoms with Gasteiger partial charge in [-0.1, -0.05) is 19.1 Å². The molecule has 2 aromatic rings. The summed E-state index contributed by atoms with van der Waals surface area (Å²) in [6.07, 6.45) is 6.41. The Morgan fingerprint density at radius 2 is 1.93 bits per heavy atom. The highest BCUT2D eigenvalue weighted by atomic mass is 16.3. The van der Waals surface area contributed by atoms with Crippen molar-refractivity contribution >= 4 is 11.4 Å². The van der Waals surface area contributed by atoms with Gasteiger partial charge in [-0.25, -0.2) is 0 Å². The van der Waals surface area contributed by atoms with E-state index in [9.17, 15) is 5.11 Å². The topological polar surface area (TPSA) is 118 Å². The minimum atomic E-state index is 0.123. The first-order valence-corrected chi connectivity index (χ1v) is 9.86. The number of benzene rings is 1. The minimum absolute atomic E-state index is 0.123. The third kappa shape index (κ3) is 4.39. The van der Waals surface area contributed by atoms with Crippen LogP contribution in [0.2, 0.25) is 0 Å². The van der Waals surface area contributed by atoms with E-state index in [0.717, 1.165) is 25.2 Å². The zero-order valence-electron chi connectivity index (χ0n) is 17.0. The first kappa shape index (κ1) is 20.4. The summed E-state index contributed by atoms with van der Waals surface area (Å²) in [6.45, 7) is 5.85. The van der Waals surface area contributed by atoms with Crippen molar-refractivity contribution in [3.8, 4) is 5.75 Å². The zero-order valence-corrected chi connectivity index (χ0v) is 17.0. The molecule has 7 N–H and O–H groups in total. The number of para-hydroxylation sites is 1. The molecule has 0 amide bonds. The fourth-order valence-electron chi connectivity index (χ4n) is 3.98. The molecule has 1 aromatic carbocycles. The van der Waals surface area contributed by atoms with Gasteiger partial charge in [-0.05, 0) is 43.7 Å². The summed E-state index contributed by atoms with van der Waals surface area (Å²) < 4.78 is 0. The van der Waals surface area contributed by atoms with Crippen LogP contribution in [-0.2, 0) is 0 Å². The van der Waals surface area contributed by atoms with E-state index in [0.29, 0.717) is 17.0 Å². The average molecular weight is 395 g/mol. The van der Waals surface area contributed by atoms with E-state index in [4.69, 9.17) is 17.2 Å². The van der Waals surface area contributed by atoms with Crippen molar-refractivity contribution in [3.05, 3.63) is 71.9 Å². The molecule has 7 nitrogen and oxygen atoms in total. The quantitative estimate of drug-likeness (QED) is 0.574. The average Bonchev–Trinajstić information content (AvgIpc) is 2.71. The maximum absolute atomic E-state index is 10.1. The molecule has 7 heteroatoms. The maximum atomic E-state index is 10.1. The summed E-state index contributed by atoms with van der Waals surface area (Å²) in [5.74, 6) is 0.331. The molecule has 1 aromatic heterocycles. The Balaban J connectivity index is 1.89. The van der Waals surface area contributed by atoms with E-state index in [1.807, 2.05) is 18.3 Å². The van der Waals surface area contributed by atoms with Gasteiger partial charge in [0, 0.05) is 42.6 Å². The van der Waals surface area contributed by atoms with Gasteiger partial charge in [0.05, 0.1) is 17.6 Å². The van der Waals surface area contributed by atoms with Crippen molar-refractivity contribution in [2.24, 2.45) is 17.2 Å². The van der Waals surface area contributed by atoms with Crippen LogP contribution in [0.15, 0.2) is 66.4 Å². The van der Waals surface area contributed by atoms with Crippen molar-refractivity contribution in [2.45, 2.75) is 32.4 Å². The van der Waals surface area contributed by atoms with Crippen LogP contribution in [0.3, 0.4) is 0 Å². The number of hydrogen-bond donors (Lipinski definition) is 4. The SMILES string of the molecule is CCC1CN(C(/C=C(\N)c2ccccc2O)=C(N)N)CC(C)N1c1cccnc1. The van der Waals surface area contributed by atoms with Crippen molar-refractivity contribution in [1.29, 1.82) is 0 Å². The molecule has 1 fully saturated rings. The Kier molecular flexibility index (Phi) is 6.16. The number of nitrogens with two attached hydrogens (primary N) is 3. The summed E-state index contributed by atoms with van der Waals surface area (Å²) in [6, 6.07) is 11.5. The molecule has 0 bridgehead atoms. The van der Waals surface area contributed by atoms with E-state index >= 15 is 0 Å². The number of aromatic hydroxyl groups is 1. The number of aromatic nitrogens is 1. The first-order valence-electron chi connectivity index (χ1n) is 9.86. The third-order valence-corrected chi connectivity index (χ3v) is 5.34. The molecule has 0 aliphatic carbocycles. The van der Waals surface area contributed by atoms with E-state index in [1.165, 1.54) is 0 Å². The fraction of sp³-hybridized carbons (Fsp3) is 0.318. The highest BCUT2D eigenvalue weighted by molar-refractivity contribution is 5.70. The molecule has 29 heavy (non-hydrogen) atoms. The van der Waals surface area contributed by atoms with Gasteiger partial charge < -0.3 is 32.1 Å². The van der Waals surface area contributed by atoms with Crippen LogP contribution < -0.4 is 22.1 Å². The predicted molar refractivity (Wildman–Crippen MR) is 118 cm³/mol. The lowest BCUT2D eigenvalue weighted by Gasteiger charge is -2.48. The van der Waals surface area contributed by atoms with E-state index in [-0.39, 0.29) is 23.7 Å². The van der Waals surface area contributed by atoms with Gasteiger partial charge in [0.2, 0.25) is 0 Å². The largest absolute Gasteiger partial charge is 0.507 e. The molecule has 1 saturated heterocycles. The molecule has 2 atom stereocenters. The molecular formula is C22H30N6O. The molecule has 0 saturated carbocycles. The molecule has 2 heterocycles. The van der Waals surface area contributed by atoms with Crippen LogP contribution in [0.25, 0.3) is 5.70 Å². The fourth-order valence-corrected chi connectivity index (χ4v) is 3.98. The van der Waals surface area contributed by atoms with Crippen LogP contribution >= 0.6 is 0 Å². The highest BCUT2D eigenvalue weighted by Crippen LogP contribution is 2.29. The van der Waals surface area contributed by atoms with Crippen molar-refractivity contribution in [1.82, 2.24) is 9.88 Å². The molecular weight excluding hydrogens is 364 g/mol. The van der Waals surface area contributed by atoms with Gasteiger partial charge in [0.15, 0.2) is 0 Å². The molecule has 1 aliphatic heterocycles. The highest BCUT2D eigenvalue weighted by Gasteiger charge is 2.32. The smallest absolute Gasteiger partial charge is 0.124 e. The van der Waals surface area contributed by atoms with E-state index < -0.39 is 0 Å². The number of phenols is 1. The zero-order chi connectivity index (χ0) is 21.0. The number of rotatable bonds is 5.